The highest BCUT2D eigenvalue weighted by atomic mass is 32.1. The topological polar surface area (TPSA) is 47.3 Å². The van der Waals surface area contributed by atoms with Gasteiger partial charge in [-0.3, -0.25) is 4.79 Å². The van der Waals surface area contributed by atoms with Gasteiger partial charge in [0.2, 0.25) is 4.96 Å². The average molecular weight is 381 g/mol. The predicted octanol–water partition coefficient (Wildman–Crippen LogP) is 4.03. The molecule has 5 rings (SSSR count). The van der Waals surface area contributed by atoms with Crippen molar-refractivity contribution in [3.63, 3.8) is 0 Å². The summed E-state index contributed by atoms with van der Waals surface area (Å²) in [7, 11) is 0. The first-order valence-corrected chi connectivity index (χ1v) is 9.72. The second kappa shape index (κ2) is 6.87. The Balaban J connectivity index is 1.56. The van der Waals surface area contributed by atoms with Gasteiger partial charge in [-0.1, -0.05) is 96.3 Å². The van der Waals surface area contributed by atoms with Crippen molar-refractivity contribution < 1.29 is 0 Å². The summed E-state index contributed by atoms with van der Waals surface area (Å²) >= 11 is 1.36. The summed E-state index contributed by atoms with van der Waals surface area (Å²) in [5.41, 5.74) is 4.10. The van der Waals surface area contributed by atoms with E-state index in [9.17, 15) is 4.79 Å². The summed E-state index contributed by atoms with van der Waals surface area (Å²) in [5.74, 6) is 0.580. The van der Waals surface area contributed by atoms with Crippen LogP contribution in [-0.4, -0.2) is 14.6 Å². The lowest BCUT2D eigenvalue weighted by Crippen LogP contribution is -2.23. The number of hydrogen-bond donors (Lipinski definition) is 0. The van der Waals surface area contributed by atoms with Gasteiger partial charge in [-0.25, -0.2) is 4.40 Å². The number of fused-ring (bicyclic) bond motifs is 1. The van der Waals surface area contributed by atoms with Crippen molar-refractivity contribution in [3.8, 4) is 22.5 Å². The molecule has 134 valence electrons. The molecule has 5 aromatic rings. The molecule has 0 saturated carbocycles. The van der Waals surface area contributed by atoms with E-state index in [-0.39, 0.29) is 5.56 Å². The second-order valence-corrected chi connectivity index (χ2v) is 7.42. The molecule has 0 fully saturated rings. The lowest BCUT2D eigenvalue weighted by atomic mass is 10.0. The van der Waals surface area contributed by atoms with Crippen LogP contribution in [-0.2, 0) is 0 Å². The number of nitrogens with zero attached hydrogens (tertiary/aromatic N) is 3. The van der Waals surface area contributed by atoms with E-state index >= 15 is 0 Å². The van der Waals surface area contributed by atoms with E-state index in [1.54, 1.807) is 4.40 Å². The molecule has 0 N–H and O–H groups in total. The number of aromatic nitrogens is 3. The Morgan fingerprint density at radius 3 is 2.00 bits per heavy atom. The van der Waals surface area contributed by atoms with Gasteiger partial charge in [0.05, 0.1) is 4.53 Å². The SMILES string of the molecule is O=c1/c(=C/c2ccc(-c3ccccc3)cc2)sc2nnc(-c3ccccc3)n12. The highest BCUT2D eigenvalue weighted by Gasteiger charge is 2.13. The molecule has 0 aliphatic heterocycles. The van der Waals surface area contributed by atoms with Crippen LogP contribution in [0.15, 0.2) is 89.7 Å². The van der Waals surface area contributed by atoms with Gasteiger partial charge in [-0.15, -0.1) is 10.2 Å². The lowest BCUT2D eigenvalue weighted by molar-refractivity contribution is 1.09. The zero-order valence-electron chi connectivity index (χ0n) is 14.8. The van der Waals surface area contributed by atoms with Crippen molar-refractivity contribution in [2.45, 2.75) is 0 Å². The van der Waals surface area contributed by atoms with E-state index in [1.165, 1.54) is 16.9 Å². The maximum absolute atomic E-state index is 12.9. The Morgan fingerprint density at radius 2 is 1.32 bits per heavy atom. The van der Waals surface area contributed by atoms with E-state index in [1.807, 2.05) is 66.7 Å². The smallest absolute Gasteiger partial charge is 0.267 e. The maximum atomic E-state index is 12.9. The summed E-state index contributed by atoms with van der Waals surface area (Å²) in [6.07, 6.45) is 1.91. The Kier molecular flexibility index (Phi) is 4.07. The Morgan fingerprint density at radius 1 is 0.714 bits per heavy atom. The van der Waals surface area contributed by atoms with Crippen LogP contribution in [0.1, 0.15) is 5.56 Å². The molecule has 28 heavy (non-hydrogen) atoms. The third-order valence-corrected chi connectivity index (χ3v) is 5.56. The molecule has 0 atom stereocenters. The van der Waals surface area contributed by atoms with Crippen LogP contribution in [0.4, 0.5) is 0 Å². The molecule has 0 aliphatic carbocycles. The number of rotatable bonds is 3. The van der Waals surface area contributed by atoms with Crippen molar-refractivity contribution in [2.24, 2.45) is 0 Å². The standard InChI is InChI=1S/C23H15N3OS/c27-22-20(15-16-11-13-18(14-12-16)17-7-3-1-4-8-17)28-23-25-24-21(26(22)23)19-9-5-2-6-10-19/h1-15H/b20-15-. The first-order chi connectivity index (χ1) is 13.8. The van der Waals surface area contributed by atoms with Gasteiger partial charge in [-0.05, 0) is 22.8 Å². The predicted molar refractivity (Wildman–Crippen MR) is 113 cm³/mol. The minimum absolute atomic E-state index is 0.0870. The molecule has 0 unspecified atom stereocenters. The van der Waals surface area contributed by atoms with Crippen LogP contribution >= 0.6 is 11.3 Å². The fourth-order valence-electron chi connectivity index (χ4n) is 3.19. The van der Waals surface area contributed by atoms with Gasteiger partial charge in [-0.2, -0.15) is 0 Å². The van der Waals surface area contributed by atoms with Crippen LogP contribution in [0.3, 0.4) is 0 Å². The van der Waals surface area contributed by atoms with Crippen molar-refractivity contribution in [1.82, 2.24) is 14.6 Å². The van der Waals surface area contributed by atoms with Gasteiger partial charge in [0.1, 0.15) is 0 Å². The first kappa shape index (κ1) is 16.6. The van der Waals surface area contributed by atoms with E-state index in [4.69, 9.17) is 0 Å². The molecule has 0 spiro atoms. The summed E-state index contributed by atoms with van der Waals surface area (Å²) in [6.45, 7) is 0. The number of thiazole rings is 1. The zero-order valence-corrected chi connectivity index (χ0v) is 15.6. The van der Waals surface area contributed by atoms with E-state index < -0.39 is 0 Å². The van der Waals surface area contributed by atoms with Gasteiger partial charge >= 0.3 is 0 Å². The van der Waals surface area contributed by atoms with Crippen molar-refractivity contribution >= 4 is 22.4 Å². The second-order valence-electron chi connectivity index (χ2n) is 6.41. The molecular formula is C23H15N3OS. The normalized spacial score (nSPS) is 11.9. The van der Waals surface area contributed by atoms with Crippen molar-refractivity contribution in [3.05, 3.63) is 105 Å². The summed E-state index contributed by atoms with van der Waals surface area (Å²) in [5, 5.41) is 8.37. The highest BCUT2D eigenvalue weighted by Crippen LogP contribution is 2.20. The molecule has 2 aromatic heterocycles. The zero-order chi connectivity index (χ0) is 18.9. The molecule has 2 heterocycles. The van der Waals surface area contributed by atoms with Crippen LogP contribution in [0.25, 0.3) is 33.6 Å². The fraction of sp³-hybridized carbons (Fsp3) is 0. The molecular weight excluding hydrogens is 366 g/mol. The van der Waals surface area contributed by atoms with Gasteiger partial charge in [0, 0.05) is 5.56 Å². The fourth-order valence-corrected chi connectivity index (χ4v) is 4.10. The summed E-state index contributed by atoms with van der Waals surface area (Å²) in [6, 6.07) is 28.1. The maximum Gasteiger partial charge on any atom is 0.276 e. The van der Waals surface area contributed by atoms with Crippen LogP contribution in [0, 0.1) is 0 Å². The molecule has 0 aliphatic rings. The summed E-state index contributed by atoms with van der Waals surface area (Å²) in [4.78, 5) is 13.5. The van der Waals surface area contributed by atoms with Gasteiger partial charge < -0.3 is 0 Å². The summed E-state index contributed by atoms with van der Waals surface area (Å²) < 4.78 is 2.24. The third kappa shape index (κ3) is 2.92. The van der Waals surface area contributed by atoms with Gasteiger partial charge in [0.25, 0.3) is 5.56 Å². The molecule has 3 aromatic carbocycles. The van der Waals surface area contributed by atoms with Crippen molar-refractivity contribution in [2.75, 3.05) is 0 Å². The monoisotopic (exact) mass is 381 g/mol. The Labute approximate surface area is 165 Å². The van der Waals surface area contributed by atoms with Crippen LogP contribution in [0.5, 0.6) is 0 Å². The first-order valence-electron chi connectivity index (χ1n) is 8.90. The number of hydrogen-bond acceptors (Lipinski definition) is 4. The molecule has 4 nitrogen and oxygen atoms in total. The molecule has 0 bridgehead atoms. The quantitative estimate of drug-likeness (QED) is 0.474. The van der Waals surface area contributed by atoms with Gasteiger partial charge in [0.15, 0.2) is 5.82 Å². The third-order valence-electron chi connectivity index (χ3n) is 4.60. The minimum atomic E-state index is -0.0870. The van der Waals surface area contributed by atoms with Crippen LogP contribution < -0.4 is 10.1 Å². The minimum Gasteiger partial charge on any atom is -0.267 e. The van der Waals surface area contributed by atoms with Crippen LogP contribution in [0.2, 0.25) is 0 Å². The Hall–Kier alpha value is -3.57. The molecule has 0 saturated heterocycles. The number of benzene rings is 3. The molecule has 0 amide bonds. The van der Waals surface area contributed by atoms with Crippen molar-refractivity contribution in [1.29, 1.82) is 0 Å². The lowest BCUT2D eigenvalue weighted by Gasteiger charge is -2.01. The highest BCUT2D eigenvalue weighted by molar-refractivity contribution is 7.15. The molecule has 0 radical (unpaired) electrons. The van der Waals surface area contributed by atoms with E-state index in [0.29, 0.717) is 15.3 Å². The van der Waals surface area contributed by atoms with E-state index in [0.717, 1.165) is 16.7 Å². The largest absolute Gasteiger partial charge is 0.276 e. The Bertz CT molecular complexity index is 1350. The van der Waals surface area contributed by atoms with E-state index in [2.05, 4.69) is 34.5 Å². The average Bonchev–Trinajstić information content (AvgIpc) is 3.30. The molecule has 5 heteroatoms.